The zero-order valence-electron chi connectivity index (χ0n) is 16.5. The molecule has 0 N–H and O–H groups in total. The van der Waals surface area contributed by atoms with Gasteiger partial charge < -0.3 is 13.1 Å². The third-order valence-corrected chi connectivity index (χ3v) is 2.56. The van der Waals surface area contributed by atoms with Crippen molar-refractivity contribution in [2.24, 2.45) is 5.41 Å². The van der Waals surface area contributed by atoms with Crippen LogP contribution in [0.1, 0.15) is 34.6 Å². The Morgan fingerprint density at radius 1 is 0.810 bits per heavy atom. The van der Waals surface area contributed by atoms with Crippen LogP contribution < -0.4 is 0 Å². The van der Waals surface area contributed by atoms with Crippen LogP contribution >= 0.6 is 0 Å². The molecule has 0 aromatic rings. The standard InChI is InChI=1S/C10H15.2C4H11Si.Y/c1-7-6-10(4,5)9(3)8(7)2;2*1-5(2,3)4;/h1-5H3;2*1H2,2-4H3;/q3*-1;+3. The maximum Gasteiger partial charge on any atom is 3.00 e. The van der Waals surface area contributed by atoms with E-state index in [0.29, 0.717) is 0 Å². The molecule has 0 atom stereocenters. The van der Waals surface area contributed by atoms with E-state index in [1.54, 1.807) is 0 Å². The summed E-state index contributed by atoms with van der Waals surface area (Å²) in [6.45, 7) is 32.0. The van der Waals surface area contributed by atoms with E-state index in [4.69, 9.17) is 0 Å². The molecule has 0 aliphatic heterocycles. The summed E-state index contributed by atoms with van der Waals surface area (Å²) in [6.07, 6.45) is 3.44. The molecule has 21 heavy (non-hydrogen) atoms. The zero-order chi connectivity index (χ0) is 16.9. The molecule has 1 aliphatic carbocycles. The van der Waals surface area contributed by atoms with E-state index >= 15 is 0 Å². The third kappa shape index (κ3) is 19.0. The van der Waals surface area contributed by atoms with E-state index in [1.807, 2.05) is 0 Å². The smallest absolute Gasteiger partial charge is 0.342 e. The minimum absolute atomic E-state index is 0. The average molecular weight is 399 g/mol. The molecular formula is C18H37Si2Y. The van der Waals surface area contributed by atoms with Crippen LogP contribution in [0.5, 0.6) is 0 Å². The minimum Gasteiger partial charge on any atom is -0.342 e. The fourth-order valence-electron chi connectivity index (χ4n) is 1.41. The van der Waals surface area contributed by atoms with Gasteiger partial charge in [0, 0.05) is 0 Å². The van der Waals surface area contributed by atoms with Crippen molar-refractivity contribution in [2.75, 3.05) is 0 Å². The molecule has 0 unspecified atom stereocenters. The van der Waals surface area contributed by atoms with Gasteiger partial charge in [-0.25, -0.2) is 5.57 Å². The third-order valence-electron chi connectivity index (χ3n) is 2.56. The molecule has 0 bridgehead atoms. The summed E-state index contributed by atoms with van der Waals surface area (Å²) < 4.78 is 0. The van der Waals surface area contributed by atoms with Crippen LogP contribution in [0.15, 0.2) is 16.7 Å². The summed E-state index contributed by atoms with van der Waals surface area (Å²) in [6, 6.07) is 0. The normalized spacial score (nSPS) is 16.9. The Balaban J connectivity index is -0.000000254. The van der Waals surface area contributed by atoms with Crippen molar-refractivity contribution < 1.29 is 32.7 Å². The Morgan fingerprint density at radius 3 is 1.10 bits per heavy atom. The summed E-state index contributed by atoms with van der Waals surface area (Å²) in [4.78, 5) is 0. The van der Waals surface area contributed by atoms with Crippen molar-refractivity contribution in [1.82, 2.24) is 0 Å². The van der Waals surface area contributed by atoms with Crippen molar-refractivity contribution in [3.05, 3.63) is 35.9 Å². The van der Waals surface area contributed by atoms with Crippen LogP contribution in [0.3, 0.4) is 0 Å². The maximum atomic E-state index is 3.91. The molecule has 1 aliphatic rings. The second kappa shape index (κ2) is 10.0. The van der Waals surface area contributed by atoms with Gasteiger partial charge in [-0.15, -0.1) is 23.1 Å². The molecule has 0 fully saturated rings. The summed E-state index contributed by atoms with van der Waals surface area (Å²) in [5, 5.41) is 0. The van der Waals surface area contributed by atoms with Gasteiger partial charge in [0.1, 0.15) is 0 Å². The monoisotopic (exact) mass is 398 g/mol. The first-order chi connectivity index (χ1) is 8.45. The minimum atomic E-state index is -0.861. The van der Waals surface area contributed by atoms with Gasteiger partial charge in [0.25, 0.3) is 0 Å². The van der Waals surface area contributed by atoms with Crippen LogP contribution in [0.25, 0.3) is 0 Å². The first-order valence-corrected chi connectivity index (χ1v) is 14.9. The SMILES string of the molecule is CC1=[C-]C(C)(C)C(C)=C1C.[CH2-][Si](C)(C)C.[CH2-][Si](C)(C)C.[Y+3]. The van der Waals surface area contributed by atoms with Gasteiger partial charge in [-0.2, -0.15) is 11.1 Å². The number of rotatable bonds is 0. The van der Waals surface area contributed by atoms with Crippen LogP contribution in [-0.2, 0) is 32.7 Å². The van der Waals surface area contributed by atoms with E-state index in [-0.39, 0.29) is 38.1 Å². The molecule has 0 heterocycles. The average Bonchev–Trinajstić information content (AvgIpc) is 2.23. The molecule has 0 amide bonds. The van der Waals surface area contributed by atoms with E-state index in [2.05, 4.69) is 93.1 Å². The molecule has 1 rings (SSSR count). The maximum absolute atomic E-state index is 3.91. The van der Waals surface area contributed by atoms with Gasteiger partial charge in [-0.3, -0.25) is 6.08 Å². The molecule has 0 aromatic carbocycles. The van der Waals surface area contributed by atoms with Crippen molar-refractivity contribution in [3.63, 3.8) is 0 Å². The number of allylic oxidation sites excluding steroid dienone is 4. The van der Waals surface area contributed by atoms with E-state index in [9.17, 15) is 0 Å². The fraction of sp³-hybridized carbons (Fsp3) is 0.667. The number of hydrogen-bond acceptors (Lipinski definition) is 0. The number of hydrogen-bond donors (Lipinski definition) is 0. The topological polar surface area (TPSA) is 0 Å². The van der Waals surface area contributed by atoms with Gasteiger partial charge in [-0.1, -0.05) is 72.4 Å². The van der Waals surface area contributed by atoms with E-state index < -0.39 is 16.1 Å². The molecule has 0 saturated carbocycles. The van der Waals surface area contributed by atoms with E-state index in [1.165, 1.54) is 16.7 Å². The second-order valence-corrected chi connectivity index (χ2v) is 19.0. The summed E-state index contributed by atoms with van der Waals surface area (Å²) in [7, 11) is -1.72. The Morgan fingerprint density at radius 2 is 1.05 bits per heavy atom. The van der Waals surface area contributed by atoms with Crippen molar-refractivity contribution in [3.8, 4) is 0 Å². The Bertz CT molecular complexity index is 340. The van der Waals surface area contributed by atoms with Gasteiger partial charge in [0.15, 0.2) is 0 Å². The Labute approximate surface area is 163 Å². The first-order valence-electron chi connectivity index (χ1n) is 7.46. The Kier molecular flexibility index (Phi) is 12.8. The van der Waals surface area contributed by atoms with Crippen molar-refractivity contribution >= 4 is 16.1 Å². The van der Waals surface area contributed by atoms with Gasteiger partial charge in [0.05, 0.1) is 0 Å². The fourth-order valence-corrected chi connectivity index (χ4v) is 1.41. The molecule has 0 nitrogen and oxygen atoms in total. The predicted molar refractivity (Wildman–Crippen MR) is 102 cm³/mol. The molecule has 0 aromatic heterocycles. The first kappa shape index (κ1) is 26.9. The summed E-state index contributed by atoms with van der Waals surface area (Å²) >= 11 is 0. The van der Waals surface area contributed by atoms with Crippen LogP contribution in [0, 0.1) is 24.6 Å². The second-order valence-electron chi connectivity index (χ2n) is 8.75. The van der Waals surface area contributed by atoms with Crippen LogP contribution in [-0.4, -0.2) is 16.1 Å². The summed E-state index contributed by atoms with van der Waals surface area (Å²) in [5.41, 5.74) is 4.39. The molecule has 0 saturated heterocycles. The van der Waals surface area contributed by atoms with Crippen LogP contribution in [0.2, 0.25) is 39.3 Å². The van der Waals surface area contributed by atoms with Crippen molar-refractivity contribution in [1.29, 1.82) is 0 Å². The predicted octanol–water partition coefficient (Wildman–Crippen LogP) is 6.51. The summed E-state index contributed by atoms with van der Waals surface area (Å²) in [5.74, 6) is 0. The van der Waals surface area contributed by atoms with Crippen molar-refractivity contribution in [2.45, 2.75) is 73.9 Å². The van der Waals surface area contributed by atoms with E-state index in [0.717, 1.165) is 0 Å². The zero-order valence-corrected chi connectivity index (χ0v) is 21.3. The van der Waals surface area contributed by atoms with Gasteiger partial charge in [0.2, 0.25) is 0 Å². The van der Waals surface area contributed by atoms with Crippen LogP contribution in [0.4, 0.5) is 0 Å². The quantitative estimate of drug-likeness (QED) is 0.322. The van der Waals surface area contributed by atoms with Gasteiger partial charge >= 0.3 is 32.7 Å². The largest absolute Gasteiger partial charge is 3.00 e. The van der Waals surface area contributed by atoms with Gasteiger partial charge in [-0.05, 0) is 0 Å². The molecule has 120 valence electrons. The molecular weight excluding hydrogens is 361 g/mol. The molecule has 0 spiro atoms. The molecule has 3 heteroatoms. The Hall–Kier alpha value is 1.02. The molecule has 0 radical (unpaired) electrons.